The van der Waals surface area contributed by atoms with Crippen molar-refractivity contribution < 1.29 is 4.74 Å². The molecule has 0 fully saturated rings. The molecule has 0 bridgehead atoms. The third-order valence-electron chi connectivity index (χ3n) is 3.09. The Bertz CT molecular complexity index is 579. The summed E-state index contributed by atoms with van der Waals surface area (Å²) >= 11 is 11.9. The number of halogens is 2. The van der Waals surface area contributed by atoms with Gasteiger partial charge in [0.2, 0.25) is 0 Å². The zero-order valence-electron chi connectivity index (χ0n) is 11.0. The van der Waals surface area contributed by atoms with Gasteiger partial charge in [0.1, 0.15) is 11.5 Å². The maximum Gasteiger partial charge on any atom is 0.127 e. The molecule has 0 spiro atoms. The van der Waals surface area contributed by atoms with E-state index in [1.54, 1.807) is 0 Å². The van der Waals surface area contributed by atoms with E-state index in [-0.39, 0.29) is 0 Å². The lowest BCUT2D eigenvalue weighted by molar-refractivity contribution is 0.481. The quantitative estimate of drug-likeness (QED) is 0.653. The van der Waals surface area contributed by atoms with Crippen LogP contribution >= 0.6 is 23.2 Å². The first-order valence-electron chi connectivity index (χ1n) is 6.25. The fourth-order valence-electron chi connectivity index (χ4n) is 1.90. The highest BCUT2D eigenvalue weighted by atomic mass is 35.5. The molecule has 19 heavy (non-hydrogen) atoms. The Balaban J connectivity index is 2.23. The van der Waals surface area contributed by atoms with Crippen molar-refractivity contribution >= 4 is 23.2 Å². The highest BCUT2D eigenvalue weighted by Crippen LogP contribution is 2.28. The maximum absolute atomic E-state index is 6.09. The van der Waals surface area contributed by atoms with E-state index in [9.17, 15) is 0 Å². The third-order valence-corrected chi connectivity index (χ3v) is 3.75. The van der Waals surface area contributed by atoms with Crippen LogP contribution in [0.5, 0.6) is 11.5 Å². The molecule has 0 aliphatic rings. The van der Waals surface area contributed by atoms with Crippen LogP contribution in [0.4, 0.5) is 0 Å². The van der Waals surface area contributed by atoms with Crippen molar-refractivity contribution in [1.29, 1.82) is 0 Å². The van der Waals surface area contributed by atoms with Crippen LogP contribution < -0.4 is 4.74 Å². The second-order valence-electron chi connectivity index (χ2n) is 4.43. The monoisotopic (exact) mass is 294 g/mol. The molecule has 0 saturated heterocycles. The molecular weight excluding hydrogens is 279 g/mol. The minimum absolute atomic E-state index is 0.521. The molecule has 0 amide bonds. The molecule has 0 aliphatic heterocycles. The maximum atomic E-state index is 6.09. The van der Waals surface area contributed by atoms with Gasteiger partial charge in [-0.15, -0.1) is 11.6 Å². The van der Waals surface area contributed by atoms with Crippen LogP contribution in [0.3, 0.4) is 0 Å². The zero-order valence-corrected chi connectivity index (χ0v) is 12.6. The van der Waals surface area contributed by atoms with E-state index in [0.717, 1.165) is 39.6 Å². The standard InChI is InChI=1S/C16H16Cl2O/c1-3-12-9-15(6-7-16(12)18)19-14-5-4-13(10-17)11(2)8-14/h4-9H,3,10H2,1-2H3. The summed E-state index contributed by atoms with van der Waals surface area (Å²) < 4.78 is 5.85. The number of alkyl halides is 1. The summed E-state index contributed by atoms with van der Waals surface area (Å²) in [7, 11) is 0. The molecule has 0 heterocycles. The average Bonchev–Trinajstić information content (AvgIpc) is 2.41. The van der Waals surface area contributed by atoms with Crippen LogP contribution in [0.25, 0.3) is 0 Å². The highest BCUT2D eigenvalue weighted by molar-refractivity contribution is 6.31. The van der Waals surface area contributed by atoms with Crippen molar-refractivity contribution in [1.82, 2.24) is 0 Å². The van der Waals surface area contributed by atoms with Crippen LogP contribution in [0, 0.1) is 6.92 Å². The van der Waals surface area contributed by atoms with Gasteiger partial charge in [-0.25, -0.2) is 0 Å². The molecule has 1 nitrogen and oxygen atoms in total. The smallest absolute Gasteiger partial charge is 0.127 e. The van der Waals surface area contributed by atoms with Crippen LogP contribution in [-0.2, 0) is 12.3 Å². The first-order chi connectivity index (χ1) is 9.13. The van der Waals surface area contributed by atoms with E-state index in [2.05, 4.69) is 6.92 Å². The van der Waals surface area contributed by atoms with Crippen molar-refractivity contribution in [2.75, 3.05) is 0 Å². The fraction of sp³-hybridized carbons (Fsp3) is 0.250. The number of aryl methyl sites for hydroxylation is 2. The molecule has 0 saturated carbocycles. The number of rotatable bonds is 4. The van der Waals surface area contributed by atoms with Crippen LogP contribution in [0.2, 0.25) is 5.02 Å². The number of benzene rings is 2. The summed E-state index contributed by atoms with van der Waals surface area (Å²) in [5.41, 5.74) is 3.35. The summed E-state index contributed by atoms with van der Waals surface area (Å²) in [5.74, 6) is 2.14. The van der Waals surface area contributed by atoms with Gasteiger partial charge < -0.3 is 4.74 Å². The van der Waals surface area contributed by atoms with Crippen LogP contribution in [0.1, 0.15) is 23.6 Å². The molecule has 2 aromatic carbocycles. The Morgan fingerprint density at radius 3 is 2.32 bits per heavy atom. The summed E-state index contributed by atoms with van der Waals surface area (Å²) in [6.07, 6.45) is 0.889. The topological polar surface area (TPSA) is 9.23 Å². The van der Waals surface area contributed by atoms with E-state index in [1.165, 1.54) is 0 Å². The summed E-state index contributed by atoms with van der Waals surface area (Å²) in [6.45, 7) is 4.11. The summed E-state index contributed by atoms with van der Waals surface area (Å²) in [4.78, 5) is 0. The van der Waals surface area contributed by atoms with Gasteiger partial charge in [-0.2, -0.15) is 0 Å². The van der Waals surface area contributed by atoms with Crippen molar-refractivity contribution in [3.05, 3.63) is 58.1 Å². The molecule has 100 valence electrons. The van der Waals surface area contributed by atoms with Crippen molar-refractivity contribution in [2.45, 2.75) is 26.1 Å². The van der Waals surface area contributed by atoms with E-state index in [0.29, 0.717) is 5.88 Å². The van der Waals surface area contributed by atoms with E-state index < -0.39 is 0 Å². The third kappa shape index (κ3) is 3.43. The predicted octanol–water partition coefficient (Wildman–Crippen LogP) is 5.74. The van der Waals surface area contributed by atoms with Gasteiger partial charge in [0.05, 0.1) is 0 Å². The first kappa shape index (κ1) is 14.2. The van der Waals surface area contributed by atoms with Gasteiger partial charge >= 0.3 is 0 Å². The average molecular weight is 295 g/mol. The molecule has 0 atom stereocenters. The van der Waals surface area contributed by atoms with Gasteiger partial charge in [0, 0.05) is 10.9 Å². The van der Waals surface area contributed by atoms with E-state index >= 15 is 0 Å². The Morgan fingerprint density at radius 2 is 1.68 bits per heavy atom. The second-order valence-corrected chi connectivity index (χ2v) is 5.11. The summed E-state index contributed by atoms with van der Waals surface area (Å²) in [6, 6.07) is 11.7. The molecular formula is C16H16Cl2O. The fourth-order valence-corrected chi connectivity index (χ4v) is 2.45. The van der Waals surface area contributed by atoms with E-state index in [1.807, 2.05) is 43.3 Å². The Labute approximate surface area is 124 Å². The Morgan fingerprint density at radius 1 is 1.00 bits per heavy atom. The van der Waals surface area contributed by atoms with Crippen LogP contribution in [-0.4, -0.2) is 0 Å². The second kappa shape index (κ2) is 6.31. The molecule has 0 aromatic heterocycles. The zero-order chi connectivity index (χ0) is 13.8. The molecule has 0 unspecified atom stereocenters. The lowest BCUT2D eigenvalue weighted by Gasteiger charge is -2.10. The van der Waals surface area contributed by atoms with Crippen molar-refractivity contribution in [3.63, 3.8) is 0 Å². The normalized spacial score (nSPS) is 10.5. The Kier molecular flexibility index (Phi) is 4.73. The van der Waals surface area contributed by atoms with Crippen molar-refractivity contribution in [3.8, 4) is 11.5 Å². The highest BCUT2D eigenvalue weighted by Gasteiger charge is 2.04. The molecule has 0 radical (unpaired) electrons. The number of hydrogen-bond donors (Lipinski definition) is 0. The molecule has 2 aromatic rings. The minimum Gasteiger partial charge on any atom is -0.457 e. The van der Waals surface area contributed by atoms with Gasteiger partial charge in [-0.3, -0.25) is 0 Å². The molecule has 0 N–H and O–H groups in total. The van der Waals surface area contributed by atoms with Crippen molar-refractivity contribution in [2.24, 2.45) is 0 Å². The van der Waals surface area contributed by atoms with Crippen LogP contribution in [0.15, 0.2) is 36.4 Å². The lowest BCUT2D eigenvalue weighted by atomic mass is 10.1. The number of hydrogen-bond acceptors (Lipinski definition) is 1. The van der Waals surface area contributed by atoms with Gasteiger partial charge in [-0.05, 0) is 60.4 Å². The van der Waals surface area contributed by atoms with Gasteiger partial charge in [-0.1, -0.05) is 24.6 Å². The first-order valence-corrected chi connectivity index (χ1v) is 7.17. The van der Waals surface area contributed by atoms with Gasteiger partial charge in [0.25, 0.3) is 0 Å². The molecule has 0 aliphatic carbocycles. The number of ether oxygens (including phenoxy) is 1. The van der Waals surface area contributed by atoms with Gasteiger partial charge in [0.15, 0.2) is 0 Å². The van der Waals surface area contributed by atoms with E-state index in [4.69, 9.17) is 27.9 Å². The lowest BCUT2D eigenvalue weighted by Crippen LogP contribution is -1.90. The summed E-state index contributed by atoms with van der Waals surface area (Å²) in [5, 5.41) is 0.781. The predicted molar refractivity (Wildman–Crippen MR) is 81.6 cm³/mol. The largest absolute Gasteiger partial charge is 0.457 e. The molecule has 3 heteroatoms. The SMILES string of the molecule is CCc1cc(Oc2ccc(CCl)c(C)c2)ccc1Cl. The molecule has 2 rings (SSSR count). The Hall–Kier alpha value is -1.18. The minimum atomic E-state index is 0.521.